The van der Waals surface area contributed by atoms with E-state index < -0.39 is 5.54 Å². The van der Waals surface area contributed by atoms with Crippen molar-refractivity contribution in [3.05, 3.63) is 119 Å². The molecule has 4 heteroatoms. The maximum atomic E-state index is 11.0. The Balaban J connectivity index is 1.59. The molecule has 2 aliphatic rings. The zero-order valence-electron chi connectivity index (χ0n) is 19.7. The van der Waals surface area contributed by atoms with Gasteiger partial charge in [-0.15, -0.1) is 0 Å². The fourth-order valence-corrected chi connectivity index (χ4v) is 6.45. The minimum atomic E-state index is -0.426. The Kier molecular flexibility index (Phi) is 7.51. The van der Waals surface area contributed by atoms with Crippen LogP contribution in [0.5, 0.6) is 0 Å². The zero-order chi connectivity index (χ0) is 23.2. The van der Waals surface area contributed by atoms with Crippen LogP contribution in [0.25, 0.3) is 0 Å². The van der Waals surface area contributed by atoms with E-state index in [9.17, 15) is 5.11 Å². The molecular formula is C30H34N2OS. The van der Waals surface area contributed by atoms with Crippen molar-refractivity contribution in [1.29, 1.82) is 0 Å². The highest BCUT2D eigenvalue weighted by atomic mass is 32.2. The van der Waals surface area contributed by atoms with Crippen LogP contribution in [-0.4, -0.2) is 65.2 Å². The van der Waals surface area contributed by atoms with Gasteiger partial charge in [-0.1, -0.05) is 97.1 Å². The molecule has 34 heavy (non-hydrogen) atoms. The van der Waals surface area contributed by atoms with Gasteiger partial charge in [-0.05, 0) is 28.7 Å². The number of likely N-dealkylation sites (tertiary alicyclic amines) is 1. The summed E-state index contributed by atoms with van der Waals surface area (Å²) in [5, 5.41) is 11.0. The number of aliphatic hydroxyl groups is 1. The van der Waals surface area contributed by atoms with Gasteiger partial charge in [-0.2, -0.15) is 11.8 Å². The first kappa shape index (κ1) is 23.4. The quantitative estimate of drug-likeness (QED) is 0.404. The lowest BCUT2D eigenvalue weighted by Gasteiger charge is -2.48. The van der Waals surface area contributed by atoms with Gasteiger partial charge in [0.2, 0.25) is 0 Å². The molecule has 3 aromatic rings. The lowest BCUT2D eigenvalue weighted by Crippen LogP contribution is -2.53. The summed E-state index contributed by atoms with van der Waals surface area (Å²) in [5.41, 5.74) is 4.50. The summed E-state index contributed by atoms with van der Waals surface area (Å²) < 4.78 is 0. The van der Waals surface area contributed by atoms with Gasteiger partial charge in [-0.25, -0.2) is 0 Å². The van der Waals surface area contributed by atoms with Gasteiger partial charge in [0.05, 0.1) is 11.6 Å². The third-order valence-electron chi connectivity index (χ3n) is 7.24. The van der Waals surface area contributed by atoms with Gasteiger partial charge < -0.3 is 5.11 Å². The third kappa shape index (κ3) is 4.73. The topological polar surface area (TPSA) is 26.7 Å². The summed E-state index contributed by atoms with van der Waals surface area (Å²) in [7, 11) is 0. The van der Waals surface area contributed by atoms with E-state index in [1.165, 1.54) is 28.2 Å². The normalized spacial score (nSPS) is 21.6. The molecule has 1 N–H and O–H groups in total. The molecule has 2 heterocycles. The Bertz CT molecular complexity index is 968. The molecule has 3 aromatic carbocycles. The van der Waals surface area contributed by atoms with Crippen LogP contribution in [0, 0.1) is 0 Å². The molecular weight excluding hydrogens is 436 g/mol. The molecule has 0 radical (unpaired) electrons. The highest BCUT2D eigenvalue weighted by Gasteiger charge is 2.44. The van der Waals surface area contributed by atoms with Crippen molar-refractivity contribution >= 4 is 11.8 Å². The Hall–Kier alpha value is -2.37. The standard InChI is InChI=1S/C30H34N2OS/c33-29-17-19-32(24-25(29)16-18-31-20-22-34-23-21-31)30(26-10-4-1-5-11-26,27-12-6-2-7-13-27)28-14-8-3-9-15-28/h1-16,29,33H,17-24H2/b25-16-. The largest absolute Gasteiger partial charge is 0.389 e. The summed E-state index contributed by atoms with van der Waals surface area (Å²) in [5.74, 6) is 2.41. The Morgan fingerprint density at radius 2 is 1.26 bits per heavy atom. The van der Waals surface area contributed by atoms with Crippen LogP contribution in [0.4, 0.5) is 0 Å². The predicted molar refractivity (Wildman–Crippen MR) is 143 cm³/mol. The molecule has 5 rings (SSSR count). The van der Waals surface area contributed by atoms with Gasteiger partial charge in [0.15, 0.2) is 0 Å². The van der Waals surface area contributed by atoms with Crippen molar-refractivity contribution in [2.24, 2.45) is 0 Å². The number of rotatable bonds is 6. The molecule has 0 amide bonds. The van der Waals surface area contributed by atoms with Crippen LogP contribution in [-0.2, 0) is 5.54 Å². The van der Waals surface area contributed by atoms with E-state index in [1.807, 2.05) is 11.8 Å². The molecule has 3 nitrogen and oxygen atoms in total. The average Bonchev–Trinajstić information content (AvgIpc) is 2.92. The van der Waals surface area contributed by atoms with Crippen LogP contribution in [0.3, 0.4) is 0 Å². The molecule has 0 bridgehead atoms. The highest BCUT2D eigenvalue weighted by Crippen LogP contribution is 2.44. The van der Waals surface area contributed by atoms with Crippen LogP contribution in [0.1, 0.15) is 23.1 Å². The van der Waals surface area contributed by atoms with E-state index in [1.54, 1.807) is 0 Å². The maximum Gasteiger partial charge on any atom is 0.0975 e. The van der Waals surface area contributed by atoms with Gasteiger partial charge in [-0.3, -0.25) is 9.80 Å². The van der Waals surface area contributed by atoms with E-state index >= 15 is 0 Å². The summed E-state index contributed by atoms with van der Waals surface area (Å²) in [4.78, 5) is 5.09. The van der Waals surface area contributed by atoms with Crippen LogP contribution >= 0.6 is 11.8 Å². The number of benzene rings is 3. The van der Waals surface area contributed by atoms with Gasteiger partial charge in [0, 0.05) is 44.2 Å². The van der Waals surface area contributed by atoms with Crippen LogP contribution in [0.2, 0.25) is 0 Å². The third-order valence-corrected chi connectivity index (χ3v) is 8.18. The lowest BCUT2D eigenvalue weighted by molar-refractivity contribution is 0.0854. The van der Waals surface area contributed by atoms with Crippen LogP contribution < -0.4 is 0 Å². The van der Waals surface area contributed by atoms with Crippen molar-refractivity contribution in [2.45, 2.75) is 18.1 Å². The second-order valence-electron chi connectivity index (χ2n) is 9.23. The molecule has 0 aliphatic carbocycles. The molecule has 1 atom stereocenters. The smallest absolute Gasteiger partial charge is 0.0975 e. The van der Waals surface area contributed by atoms with Crippen LogP contribution in [0.15, 0.2) is 103 Å². The number of aliphatic hydroxyl groups excluding tert-OH is 1. The number of hydrogen-bond acceptors (Lipinski definition) is 4. The molecule has 1 unspecified atom stereocenters. The number of nitrogens with zero attached hydrogens (tertiary/aromatic N) is 2. The number of thioether (sulfide) groups is 1. The monoisotopic (exact) mass is 470 g/mol. The Labute approximate surface area is 208 Å². The van der Waals surface area contributed by atoms with E-state index in [4.69, 9.17) is 0 Å². The van der Waals surface area contributed by atoms with E-state index in [2.05, 4.69) is 107 Å². The Morgan fingerprint density at radius 1 is 0.765 bits per heavy atom. The maximum absolute atomic E-state index is 11.0. The summed E-state index contributed by atoms with van der Waals surface area (Å²) in [6, 6.07) is 32.6. The lowest BCUT2D eigenvalue weighted by atomic mass is 9.74. The minimum absolute atomic E-state index is 0.365. The molecule has 0 spiro atoms. The number of piperidine rings is 1. The van der Waals surface area contributed by atoms with Crippen molar-refractivity contribution in [1.82, 2.24) is 9.80 Å². The average molecular weight is 471 g/mol. The molecule has 2 saturated heterocycles. The van der Waals surface area contributed by atoms with Crippen molar-refractivity contribution in [3.8, 4) is 0 Å². The van der Waals surface area contributed by atoms with Gasteiger partial charge in [0.25, 0.3) is 0 Å². The molecule has 0 saturated carbocycles. The van der Waals surface area contributed by atoms with Crippen molar-refractivity contribution < 1.29 is 5.11 Å². The fraction of sp³-hybridized carbons (Fsp3) is 0.333. The van der Waals surface area contributed by atoms with E-state index in [-0.39, 0.29) is 6.10 Å². The zero-order valence-corrected chi connectivity index (χ0v) is 20.5. The van der Waals surface area contributed by atoms with Gasteiger partial charge in [0.1, 0.15) is 0 Å². The highest BCUT2D eigenvalue weighted by molar-refractivity contribution is 7.99. The number of hydrogen-bond donors (Lipinski definition) is 1. The van der Waals surface area contributed by atoms with Crippen molar-refractivity contribution in [3.63, 3.8) is 0 Å². The molecule has 2 aliphatic heterocycles. The first-order valence-corrected chi connectivity index (χ1v) is 13.5. The SMILES string of the molecule is OC1CCN(C(c2ccccc2)(c2ccccc2)c2ccccc2)C/C1=C/CN1CCSCC1. The second-order valence-corrected chi connectivity index (χ2v) is 10.5. The minimum Gasteiger partial charge on any atom is -0.389 e. The van der Waals surface area contributed by atoms with Crippen molar-refractivity contribution in [2.75, 3.05) is 44.2 Å². The first-order chi connectivity index (χ1) is 16.8. The van der Waals surface area contributed by atoms with Gasteiger partial charge >= 0.3 is 0 Å². The second kappa shape index (κ2) is 10.9. The summed E-state index contributed by atoms with van der Waals surface area (Å²) in [6.07, 6.45) is 2.68. The fourth-order valence-electron chi connectivity index (χ4n) is 5.47. The van der Waals surface area contributed by atoms with E-state index in [0.29, 0.717) is 0 Å². The molecule has 2 fully saturated rings. The van der Waals surface area contributed by atoms with E-state index in [0.717, 1.165) is 44.7 Å². The predicted octanol–water partition coefficient (Wildman–Crippen LogP) is 5.02. The molecule has 176 valence electrons. The summed E-state index contributed by atoms with van der Waals surface area (Å²) in [6.45, 7) is 4.78. The Morgan fingerprint density at radius 3 is 1.76 bits per heavy atom. The molecule has 0 aromatic heterocycles. The first-order valence-electron chi connectivity index (χ1n) is 12.4. The summed E-state index contributed by atoms with van der Waals surface area (Å²) >= 11 is 2.04.